The summed E-state index contributed by atoms with van der Waals surface area (Å²) in [7, 11) is 0. The van der Waals surface area contributed by atoms with Crippen LogP contribution in [0.1, 0.15) is 5.69 Å². The van der Waals surface area contributed by atoms with Gasteiger partial charge in [0.15, 0.2) is 0 Å². The van der Waals surface area contributed by atoms with Gasteiger partial charge in [0.05, 0.1) is 0 Å². The summed E-state index contributed by atoms with van der Waals surface area (Å²) >= 11 is 0. The summed E-state index contributed by atoms with van der Waals surface area (Å²) in [5.74, 6) is 0. The first kappa shape index (κ1) is 6.87. The molecule has 0 bridgehead atoms. The van der Waals surface area contributed by atoms with Crippen molar-refractivity contribution in [2.45, 2.75) is 6.92 Å². The number of hydrogen-bond donors (Lipinski definition) is 1. The van der Waals surface area contributed by atoms with Crippen LogP contribution in [-0.4, -0.2) is 4.98 Å². The van der Waals surface area contributed by atoms with Gasteiger partial charge in [0.25, 0.3) is 0 Å². The fraction of sp³-hybridized carbons (Fsp3) is 0.111. The van der Waals surface area contributed by atoms with E-state index in [4.69, 9.17) is 0 Å². The van der Waals surface area contributed by atoms with Crippen LogP contribution in [0, 0.1) is 6.92 Å². The van der Waals surface area contributed by atoms with Crippen molar-refractivity contribution >= 4 is 0 Å². The van der Waals surface area contributed by atoms with Crippen molar-refractivity contribution in [2.24, 2.45) is 0 Å². The van der Waals surface area contributed by atoms with Crippen LogP contribution >= 0.6 is 0 Å². The van der Waals surface area contributed by atoms with E-state index in [1.54, 1.807) is 0 Å². The summed E-state index contributed by atoms with van der Waals surface area (Å²) in [6.45, 7) is 2.03. The van der Waals surface area contributed by atoms with Crippen molar-refractivity contribution in [3.8, 4) is 0 Å². The molecule has 0 aliphatic carbocycles. The Morgan fingerprint density at radius 2 is 1.70 bits per heavy atom. The minimum atomic E-state index is 1.15. The molecule has 0 spiro atoms. The van der Waals surface area contributed by atoms with Crippen molar-refractivity contribution < 1.29 is 0 Å². The van der Waals surface area contributed by atoms with Crippen LogP contribution in [0.5, 0.6) is 0 Å². The molecule has 10 heavy (non-hydrogen) atoms. The zero-order chi connectivity index (χ0) is 7.23. The molecule has 0 unspecified atom stereocenters. The quantitative estimate of drug-likeness (QED) is 0.559. The third kappa shape index (κ3) is 2.35. The first-order valence-corrected chi connectivity index (χ1v) is 3.33. The highest BCUT2D eigenvalue weighted by atomic mass is 14.6. The number of nitrogens with one attached hydrogen (secondary N) is 1. The Balaban J connectivity index is 3.13. The van der Waals surface area contributed by atoms with E-state index in [0.717, 1.165) is 5.69 Å². The summed E-state index contributed by atoms with van der Waals surface area (Å²) < 4.78 is 0. The van der Waals surface area contributed by atoms with Crippen LogP contribution in [0.2, 0.25) is 0 Å². The molecule has 0 fully saturated rings. The van der Waals surface area contributed by atoms with Crippen molar-refractivity contribution in [1.29, 1.82) is 0 Å². The monoisotopic (exact) mass is 133 g/mol. The van der Waals surface area contributed by atoms with E-state index in [-0.39, 0.29) is 0 Å². The Morgan fingerprint density at radius 3 is 2.60 bits per heavy atom. The van der Waals surface area contributed by atoms with E-state index >= 15 is 0 Å². The lowest BCUT2D eigenvalue weighted by Crippen LogP contribution is -1.68. The van der Waals surface area contributed by atoms with Crippen LogP contribution in [-0.2, 0) is 0 Å². The molecule has 0 saturated heterocycles. The lowest BCUT2D eigenvalue weighted by molar-refractivity contribution is 1.22. The maximum absolute atomic E-state index is 3.10. The maximum Gasteiger partial charge on any atom is 0.0115 e. The Morgan fingerprint density at radius 1 is 1.00 bits per heavy atom. The smallest absolute Gasteiger partial charge is 0.0115 e. The highest BCUT2D eigenvalue weighted by Gasteiger charge is 1.69. The molecule has 0 amide bonds. The normalized spacial score (nSPS) is 8.50. The Labute approximate surface area is 61.0 Å². The second-order valence-electron chi connectivity index (χ2n) is 2.12. The summed E-state index contributed by atoms with van der Waals surface area (Å²) in [6.07, 6.45) is 1.91. The molecule has 0 atom stereocenters. The molecule has 1 heterocycles. The van der Waals surface area contributed by atoms with Crippen molar-refractivity contribution in [3.63, 3.8) is 0 Å². The van der Waals surface area contributed by atoms with Crippen molar-refractivity contribution in [1.82, 2.24) is 4.98 Å². The van der Waals surface area contributed by atoms with E-state index in [9.17, 15) is 0 Å². The Hall–Kier alpha value is -1.24. The average Bonchev–Trinajstić information content (AvgIpc) is 2.02. The highest BCUT2D eigenvalue weighted by Crippen LogP contribution is 1.85. The van der Waals surface area contributed by atoms with Crippen LogP contribution in [0.3, 0.4) is 0 Å². The standard InChI is InChI=1S/C9H11N/c1-9-7-5-3-2-4-6-8-10-9/h2-8,10H,1H3. The van der Waals surface area contributed by atoms with Gasteiger partial charge in [0, 0.05) is 11.9 Å². The second-order valence-corrected chi connectivity index (χ2v) is 2.12. The largest absolute Gasteiger partial charge is 0.365 e. The number of aryl methyl sites for hydroxylation is 1. The zero-order valence-electron chi connectivity index (χ0n) is 6.04. The summed E-state index contributed by atoms with van der Waals surface area (Å²) in [4.78, 5) is 3.10. The molecule has 0 saturated carbocycles. The zero-order valence-corrected chi connectivity index (χ0v) is 6.04. The number of aromatic nitrogens is 1. The summed E-state index contributed by atoms with van der Waals surface area (Å²) in [5.41, 5.74) is 1.15. The van der Waals surface area contributed by atoms with Gasteiger partial charge in [-0.2, -0.15) is 0 Å². The fourth-order valence-electron chi connectivity index (χ4n) is 0.676. The predicted octanol–water partition coefficient (Wildman–Crippen LogP) is 2.45. The molecular weight excluding hydrogens is 122 g/mol. The van der Waals surface area contributed by atoms with Gasteiger partial charge in [-0.1, -0.05) is 24.3 Å². The van der Waals surface area contributed by atoms with E-state index in [1.807, 2.05) is 49.5 Å². The highest BCUT2D eigenvalue weighted by molar-refractivity contribution is 5.00. The van der Waals surface area contributed by atoms with Crippen LogP contribution < -0.4 is 0 Å². The average molecular weight is 133 g/mol. The maximum atomic E-state index is 3.10. The third-order valence-corrected chi connectivity index (χ3v) is 1.20. The minimum absolute atomic E-state index is 1.15. The predicted molar refractivity (Wildman–Crippen MR) is 43.2 cm³/mol. The van der Waals surface area contributed by atoms with Crippen molar-refractivity contribution in [2.75, 3.05) is 0 Å². The van der Waals surface area contributed by atoms with Crippen LogP contribution in [0.25, 0.3) is 0 Å². The fourth-order valence-corrected chi connectivity index (χ4v) is 0.676. The number of rotatable bonds is 0. The van der Waals surface area contributed by atoms with E-state index in [1.165, 1.54) is 0 Å². The molecule has 1 N–H and O–H groups in total. The third-order valence-electron chi connectivity index (χ3n) is 1.20. The van der Waals surface area contributed by atoms with E-state index < -0.39 is 0 Å². The SMILES string of the molecule is Cc1ccccccc[nH]1. The molecule has 1 nitrogen and oxygen atoms in total. The van der Waals surface area contributed by atoms with Gasteiger partial charge in [-0.25, -0.2) is 0 Å². The second kappa shape index (κ2) is 3.72. The van der Waals surface area contributed by atoms with Gasteiger partial charge in [0.2, 0.25) is 0 Å². The summed E-state index contributed by atoms with van der Waals surface area (Å²) in [6, 6.07) is 12.0. The Bertz CT molecular complexity index is 212. The molecule has 0 aliphatic rings. The first-order chi connectivity index (χ1) is 4.89. The molecule has 1 aromatic rings. The van der Waals surface area contributed by atoms with Gasteiger partial charge >= 0.3 is 0 Å². The molecule has 0 aliphatic heterocycles. The van der Waals surface area contributed by atoms with Gasteiger partial charge in [-0.05, 0) is 19.1 Å². The Kier molecular flexibility index (Phi) is 2.56. The lowest BCUT2D eigenvalue weighted by atomic mass is 10.4. The summed E-state index contributed by atoms with van der Waals surface area (Å²) in [5, 5.41) is 0. The van der Waals surface area contributed by atoms with Crippen molar-refractivity contribution in [3.05, 3.63) is 48.3 Å². The molecule has 0 aromatic carbocycles. The van der Waals surface area contributed by atoms with Gasteiger partial charge in [0.1, 0.15) is 0 Å². The van der Waals surface area contributed by atoms with Gasteiger partial charge in [-0.3, -0.25) is 0 Å². The molecule has 0 radical (unpaired) electrons. The number of H-pyrrole nitrogens is 1. The molecule has 1 rings (SSSR count). The van der Waals surface area contributed by atoms with Crippen LogP contribution in [0.15, 0.2) is 42.6 Å². The molecule has 1 aromatic heterocycles. The van der Waals surface area contributed by atoms with E-state index in [2.05, 4.69) is 4.98 Å². The minimum Gasteiger partial charge on any atom is -0.365 e. The topological polar surface area (TPSA) is 15.8 Å². The van der Waals surface area contributed by atoms with Gasteiger partial charge in [-0.15, -0.1) is 0 Å². The first-order valence-electron chi connectivity index (χ1n) is 3.33. The van der Waals surface area contributed by atoms with E-state index in [0.29, 0.717) is 0 Å². The van der Waals surface area contributed by atoms with Gasteiger partial charge < -0.3 is 4.98 Å². The molecular formula is C9H11N. The number of aromatic amines is 1. The molecule has 52 valence electrons. The number of hydrogen-bond acceptors (Lipinski definition) is 0. The van der Waals surface area contributed by atoms with Crippen LogP contribution in [0.4, 0.5) is 0 Å². The lowest BCUT2D eigenvalue weighted by Gasteiger charge is -1.80. The molecule has 1 heteroatoms.